The number of nitrogen functional groups attached to an aromatic ring is 1. The maximum Gasteiger partial charge on any atom is 0.296 e. The van der Waals surface area contributed by atoms with Crippen LogP contribution in [0.3, 0.4) is 0 Å². The molecule has 0 radical (unpaired) electrons. The van der Waals surface area contributed by atoms with Gasteiger partial charge in [0, 0.05) is 31.4 Å². The van der Waals surface area contributed by atoms with Crippen LogP contribution in [0.15, 0.2) is 99.1 Å². The summed E-state index contributed by atoms with van der Waals surface area (Å²) in [6, 6.07) is 22.3. The predicted molar refractivity (Wildman–Crippen MR) is 244 cm³/mol. The molecule has 0 aliphatic carbocycles. The fourth-order valence-electron chi connectivity index (χ4n) is 5.16. The third kappa shape index (κ3) is 14.3. The quantitative estimate of drug-likeness (QED) is 0.0286. The number of anilines is 2. The van der Waals surface area contributed by atoms with Gasteiger partial charge in [0.2, 0.25) is 11.8 Å². The predicted octanol–water partition coefficient (Wildman–Crippen LogP) is 9.09. The van der Waals surface area contributed by atoms with Crippen molar-refractivity contribution in [2.45, 2.75) is 74.0 Å². The molecule has 1 aromatic heterocycles. The van der Waals surface area contributed by atoms with E-state index in [1.54, 1.807) is 42.5 Å². The van der Waals surface area contributed by atoms with E-state index in [9.17, 15) is 21.6 Å². The molecule has 0 fully saturated rings. The summed E-state index contributed by atoms with van der Waals surface area (Å²) in [5.74, 6) is 3.97. The maximum absolute atomic E-state index is 12.9. The van der Waals surface area contributed by atoms with Crippen molar-refractivity contribution in [3.05, 3.63) is 118 Å². The second kappa shape index (κ2) is 22.1. The number of alkyl halides is 2. The normalized spacial score (nSPS) is 12.0. The largest absolute Gasteiger partial charge is 0.419 e. The second-order valence-electron chi connectivity index (χ2n) is 15.2. The average molecular weight is 977 g/mol. The Hall–Kier alpha value is -4.01. The van der Waals surface area contributed by atoms with Crippen LogP contribution < -0.4 is 20.7 Å². The molecule has 5 N–H and O–H groups in total. The zero-order valence-electron chi connectivity index (χ0n) is 35.5. The highest BCUT2D eigenvalue weighted by Crippen LogP contribution is 2.33. The van der Waals surface area contributed by atoms with Crippen molar-refractivity contribution in [1.29, 1.82) is 0 Å². The summed E-state index contributed by atoms with van der Waals surface area (Å²) in [7, 11) is -3.29. The van der Waals surface area contributed by atoms with E-state index in [2.05, 4.69) is 40.4 Å². The Kier molecular flexibility index (Phi) is 18.6. The van der Waals surface area contributed by atoms with Gasteiger partial charge in [0.15, 0.2) is 0 Å². The van der Waals surface area contributed by atoms with Gasteiger partial charge in [0.25, 0.3) is 31.9 Å². The molecular weight excluding hydrogens is 926 g/mol. The number of methoxy groups -OCH3 is 3. The maximum atomic E-state index is 12.9. The lowest BCUT2D eigenvalue weighted by Crippen LogP contribution is -2.37. The summed E-state index contributed by atoms with van der Waals surface area (Å²) in [5.41, 5.74) is 4.63. The van der Waals surface area contributed by atoms with Crippen LogP contribution in [-0.4, -0.2) is 66.1 Å². The van der Waals surface area contributed by atoms with E-state index in [1.807, 2.05) is 38.3 Å². The van der Waals surface area contributed by atoms with Crippen molar-refractivity contribution in [3.8, 4) is 11.5 Å². The van der Waals surface area contributed by atoms with Gasteiger partial charge in [-0.3, -0.25) is 19.7 Å². The number of carbonyl (C=O) groups excluding carboxylic acids is 1. The molecule has 0 atom stereocenters. The molecule has 62 heavy (non-hydrogen) atoms. The van der Waals surface area contributed by atoms with Crippen LogP contribution in [0, 0.1) is 0 Å². The van der Waals surface area contributed by atoms with E-state index in [-0.39, 0.29) is 66.1 Å². The van der Waals surface area contributed by atoms with E-state index >= 15 is 0 Å². The van der Waals surface area contributed by atoms with E-state index in [1.165, 1.54) is 51.7 Å². The van der Waals surface area contributed by atoms with Gasteiger partial charge in [0.1, 0.15) is 11.8 Å². The molecule has 338 valence electrons. The Labute approximate surface area is 383 Å². The molecular formula is C41H50Cl4N6O9S2. The Bertz CT molecular complexity index is 2470. The summed E-state index contributed by atoms with van der Waals surface area (Å²) in [5, 5.41) is 8.40. The monoisotopic (exact) mass is 974 g/mol. The number of ether oxygens (including phenoxy) is 3. The van der Waals surface area contributed by atoms with Crippen molar-refractivity contribution < 1.29 is 40.3 Å². The first-order chi connectivity index (χ1) is 28.9. The first kappa shape index (κ1) is 52.3. The number of nitrogens with one attached hydrogen (secondary N) is 3. The molecule has 4 aromatic carbocycles. The molecule has 5 rings (SSSR count). The van der Waals surface area contributed by atoms with Gasteiger partial charge >= 0.3 is 0 Å². The highest BCUT2D eigenvalue weighted by molar-refractivity contribution is 7.93. The van der Waals surface area contributed by atoms with Gasteiger partial charge in [-0.2, -0.15) is 0 Å². The van der Waals surface area contributed by atoms with E-state index < -0.39 is 31.9 Å². The highest BCUT2D eigenvalue weighted by Gasteiger charge is 2.28. The van der Waals surface area contributed by atoms with Gasteiger partial charge in [0.05, 0.1) is 32.3 Å². The minimum absolute atomic E-state index is 0.0323. The third-order valence-corrected chi connectivity index (χ3v) is 12.6. The molecule has 5 aromatic rings. The van der Waals surface area contributed by atoms with Gasteiger partial charge in [-0.1, -0.05) is 89.0 Å². The number of halogens is 4. The van der Waals surface area contributed by atoms with Crippen molar-refractivity contribution in [2.24, 2.45) is 5.84 Å². The van der Waals surface area contributed by atoms with Crippen LogP contribution in [0.5, 0.6) is 0 Å². The number of nitrogens with zero attached hydrogens (tertiary/aromatic N) is 2. The lowest BCUT2D eigenvalue weighted by atomic mass is 9.87. The molecule has 15 nitrogen and oxygen atoms in total. The molecule has 1 heterocycles. The third-order valence-electron chi connectivity index (χ3n) is 8.80. The number of amides is 1. The summed E-state index contributed by atoms with van der Waals surface area (Å²) in [6.07, 6.45) is 0. The molecule has 0 spiro atoms. The number of nitrogens with two attached hydrogens (primary N) is 1. The lowest BCUT2D eigenvalue weighted by Gasteiger charge is -2.25. The molecule has 0 aliphatic heterocycles. The van der Waals surface area contributed by atoms with E-state index in [0.717, 1.165) is 11.1 Å². The zero-order valence-corrected chi connectivity index (χ0v) is 40.1. The van der Waals surface area contributed by atoms with Crippen LogP contribution >= 0.6 is 46.4 Å². The molecule has 0 aliphatic rings. The van der Waals surface area contributed by atoms with Crippen molar-refractivity contribution in [3.63, 3.8) is 0 Å². The first-order valence-electron chi connectivity index (χ1n) is 18.4. The number of carbonyl (C=O) groups is 1. The van der Waals surface area contributed by atoms with Crippen molar-refractivity contribution in [2.75, 3.05) is 36.7 Å². The molecule has 0 saturated heterocycles. The van der Waals surface area contributed by atoms with E-state index in [4.69, 9.17) is 70.9 Å². The number of sulfonamides is 2. The van der Waals surface area contributed by atoms with Crippen LogP contribution in [0.4, 0.5) is 11.4 Å². The topological polar surface area (TPSA) is 214 Å². The van der Waals surface area contributed by atoms with Gasteiger partial charge in [-0.15, -0.1) is 33.4 Å². The first-order valence-corrected chi connectivity index (χ1v) is 23.1. The fraction of sp³-hybridized carbons (Fsp3) is 0.341. The number of hydrogen-bond donors (Lipinski definition) is 4. The van der Waals surface area contributed by atoms with Gasteiger partial charge < -0.3 is 18.6 Å². The lowest BCUT2D eigenvalue weighted by molar-refractivity contribution is -0.337. The minimum atomic E-state index is -3.87. The van der Waals surface area contributed by atoms with Gasteiger partial charge in [-0.25, -0.2) is 22.7 Å². The van der Waals surface area contributed by atoms with Crippen LogP contribution in [0.25, 0.3) is 11.5 Å². The summed E-state index contributed by atoms with van der Waals surface area (Å²) in [6.45, 7) is 12.3. The number of hydrogen-bond acceptors (Lipinski definition) is 12. The Morgan fingerprint density at radius 3 is 1.48 bits per heavy atom. The molecule has 0 saturated carbocycles. The average Bonchev–Trinajstić information content (AvgIpc) is 3.72. The number of hydrazine groups is 1. The smallest absolute Gasteiger partial charge is 0.296 e. The second-order valence-corrected chi connectivity index (χ2v) is 19.9. The fourth-order valence-corrected chi connectivity index (χ4v) is 8.10. The van der Waals surface area contributed by atoms with Crippen LogP contribution in [0.2, 0.25) is 10.0 Å². The summed E-state index contributed by atoms with van der Waals surface area (Å²) < 4.78 is 75.8. The van der Waals surface area contributed by atoms with E-state index in [0.29, 0.717) is 10.6 Å². The van der Waals surface area contributed by atoms with Crippen molar-refractivity contribution >= 4 is 83.7 Å². The van der Waals surface area contributed by atoms with Crippen molar-refractivity contribution in [1.82, 2.24) is 15.6 Å². The molecule has 0 unspecified atom stereocenters. The molecule has 21 heteroatoms. The zero-order chi connectivity index (χ0) is 46.7. The van der Waals surface area contributed by atoms with Gasteiger partial charge in [-0.05, 0) is 82.6 Å². The highest BCUT2D eigenvalue weighted by atomic mass is 35.5. The van der Waals surface area contributed by atoms with Crippen LogP contribution in [-0.2, 0) is 51.0 Å². The number of aromatic nitrogens is 2. The summed E-state index contributed by atoms with van der Waals surface area (Å²) >= 11 is 23.1. The Morgan fingerprint density at radius 1 is 0.677 bits per heavy atom. The minimum Gasteiger partial charge on any atom is -0.419 e. The molecule has 1 amide bonds. The number of rotatable bonds is 13. The number of benzene rings is 4. The Balaban J connectivity index is 0.000000278. The molecule has 0 bridgehead atoms. The standard InChI is InChI=1S/C19H19Cl2N3O3S.C17H20ClN3O3S.C5H11ClO3/c1-19(2,3)12-4-7-14(8-5-12)28(25,26)24-16-9-6-13(21)10-15(16)18-23-22-17(11-20)27-18;1-17(2,3)11-4-7-13(8-5-11)25(23,24)21-15-9-6-12(18)10-14(15)16(22)20-19;1-7-5(4-6,8-2)9-3/h4-10,24H,11H2,1-3H3;4-10,21H,19H2,1-3H3,(H,20,22);4H2,1-3H3. The SMILES string of the molecule is CC(C)(C)c1ccc(S(=O)(=O)Nc2ccc(Cl)cc2-c2nnc(CCl)o2)cc1.CC(C)(C)c1ccc(S(=O)(=O)Nc2ccc(Cl)cc2C(=O)NN)cc1.COC(CCl)(OC)OC. The van der Waals surface area contributed by atoms with Crippen LogP contribution in [0.1, 0.15) is 68.9 Å². The summed E-state index contributed by atoms with van der Waals surface area (Å²) in [4.78, 5) is 12.1. The Morgan fingerprint density at radius 2 is 1.11 bits per heavy atom.